The van der Waals surface area contributed by atoms with E-state index in [1.54, 1.807) is 36.4 Å². The lowest BCUT2D eigenvalue weighted by molar-refractivity contribution is 0.0815. The van der Waals surface area contributed by atoms with Crippen molar-refractivity contribution in [1.82, 2.24) is 9.97 Å². The Kier molecular flexibility index (Phi) is 8.02. The predicted octanol–water partition coefficient (Wildman–Crippen LogP) is 12.1. The molecular formula is C35H16Br4ClFN2O2. The molecule has 0 radical (unpaired) electrons. The molecule has 1 heterocycles. The van der Waals surface area contributed by atoms with Crippen LogP contribution >= 0.6 is 75.3 Å². The number of benzene rings is 6. The lowest BCUT2D eigenvalue weighted by atomic mass is 9.84. The Labute approximate surface area is 294 Å². The van der Waals surface area contributed by atoms with E-state index in [0.717, 1.165) is 61.6 Å². The second-order valence-corrected chi connectivity index (χ2v) is 14.4. The Morgan fingerprint density at radius 1 is 0.600 bits per heavy atom. The maximum Gasteiger partial charge on any atom is 0.234 e. The van der Waals surface area contributed by atoms with Gasteiger partial charge < -0.3 is 4.98 Å². The number of H-pyrrole nitrogens is 1. The van der Waals surface area contributed by atoms with Gasteiger partial charge in [0.05, 0.1) is 21.6 Å². The van der Waals surface area contributed by atoms with E-state index in [1.807, 2.05) is 36.4 Å². The molecule has 0 fully saturated rings. The number of hydrogen-bond donors (Lipinski definition) is 1. The lowest BCUT2D eigenvalue weighted by Gasteiger charge is -2.18. The van der Waals surface area contributed by atoms with E-state index in [2.05, 4.69) is 80.8 Å². The van der Waals surface area contributed by atoms with Crippen LogP contribution in [0.2, 0.25) is 5.02 Å². The zero-order valence-electron chi connectivity index (χ0n) is 22.7. The number of carbonyl (C=O) groups is 2. The van der Waals surface area contributed by atoms with Crippen LogP contribution in [0.25, 0.3) is 55.1 Å². The molecule has 1 aromatic heterocycles. The van der Waals surface area contributed by atoms with E-state index < -0.39 is 17.4 Å². The van der Waals surface area contributed by atoms with Crippen molar-refractivity contribution < 1.29 is 14.0 Å². The summed E-state index contributed by atoms with van der Waals surface area (Å²) in [4.78, 5) is 32.0. The van der Waals surface area contributed by atoms with Gasteiger partial charge >= 0.3 is 0 Å². The zero-order valence-corrected chi connectivity index (χ0v) is 29.8. The van der Waals surface area contributed by atoms with Gasteiger partial charge in [0.1, 0.15) is 11.6 Å². The van der Waals surface area contributed by atoms with Crippen molar-refractivity contribution in [2.24, 2.45) is 0 Å². The molecule has 1 N–H and O–H groups in total. The Morgan fingerprint density at radius 3 is 1.69 bits per heavy atom. The summed E-state index contributed by atoms with van der Waals surface area (Å²) in [7, 11) is 0. The summed E-state index contributed by atoms with van der Waals surface area (Å²) in [5, 5.41) is 4.50. The average molecular weight is 871 g/mol. The third-order valence-corrected chi connectivity index (χ3v) is 9.92. The number of fused-ring (bicyclic) bond motifs is 9. The first-order valence-corrected chi connectivity index (χ1v) is 17.0. The topological polar surface area (TPSA) is 62.8 Å². The Bertz CT molecular complexity index is 2250. The largest absolute Gasteiger partial charge is 0.337 e. The fourth-order valence-electron chi connectivity index (χ4n) is 5.63. The van der Waals surface area contributed by atoms with Crippen LogP contribution in [0.15, 0.2) is 109 Å². The fourth-order valence-corrected chi connectivity index (χ4v) is 7.32. The molecule has 0 aliphatic heterocycles. The van der Waals surface area contributed by atoms with Gasteiger partial charge in [0, 0.05) is 39.8 Å². The first-order valence-electron chi connectivity index (χ1n) is 13.4. The van der Waals surface area contributed by atoms with Crippen molar-refractivity contribution in [2.75, 3.05) is 0 Å². The number of nitrogens with zero attached hydrogens (tertiary/aromatic N) is 1. The quantitative estimate of drug-likeness (QED) is 0.132. The molecule has 220 valence electrons. The van der Waals surface area contributed by atoms with Crippen molar-refractivity contribution in [3.05, 3.63) is 131 Å². The number of rotatable bonds is 1. The number of aromatic nitrogens is 2. The molecule has 0 spiro atoms. The van der Waals surface area contributed by atoms with Crippen LogP contribution in [0, 0.1) is 5.82 Å². The molecule has 0 unspecified atom stereocenters. The Morgan fingerprint density at radius 2 is 1.11 bits per heavy atom. The SMILES string of the molecule is Fc1cccc(Cl)c1-c1nc2c3ccc(Br)cc3c3cc(Br)ccc3c2[nH]1.O=C1C(=O)c2ccc(Br)cc2-c2cc(Br)ccc21. The zero-order chi connectivity index (χ0) is 31.6. The third kappa shape index (κ3) is 5.38. The van der Waals surface area contributed by atoms with E-state index in [9.17, 15) is 14.0 Å². The molecule has 1 aliphatic rings. The summed E-state index contributed by atoms with van der Waals surface area (Å²) in [6.07, 6.45) is 0. The van der Waals surface area contributed by atoms with Crippen LogP contribution in [-0.2, 0) is 0 Å². The van der Waals surface area contributed by atoms with E-state index in [-0.39, 0.29) is 5.56 Å². The van der Waals surface area contributed by atoms with E-state index in [4.69, 9.17) is 16.6 Å². The molecule has 0 saturated heterocycles. The highest BCUT2D eigenvalue weighted by atomic mass is 79.9. The molecule has 45 heavy (non-hydrogen) atoms. The average Bonchev–Trinajstić information content (AvgIpc) is 3.45. The van der Waals surface area contributed by atoms with Crippen LogP contribution in [-0.4, -0.2) is 21.5 Å². The smallest absolute Gasteiger partial charge is 0.234 e. The van der Waals surface area contributed by atoms with Crippen LogP contribution < -0.4 is 0 Å². The second kappa shape index (κ2) is 11.9. The number of nitrogens with one attached hydrogen (secondary N) is 1. The maximum absolute atomic E-state index is 14.4. The van der Waals surface area contributed by atoms with Crippen LogP contribution in [0.5, 0.6) is 0 Å². The van der Waals surface area contributed by atoms with Crippen LogP contribution in [0.4, 0.5) is 4.39 Å². The highest BCUT2D eigenvalue weighted by Crippen LogP contribution is 2.39. The van der Waals surface area contributed by atoms with Crippen molar-refractivity contribution >= 4 is 119 Å². The predicted molar refractivity (Wildman–Crippen MR) is 193 cm³/mol. The van der Waals surface area contributed by atoms with Crippen LogP contribution in [0.3, 0.4) is 0 Å². The number of imidazole rings is 1. The minimum Gasteiger partial charge on any atom is -0.337 e. The number of aromatic amines is 1. The molecule has 7 aromatic rings. The minimum atomic E-state index is -0.438. The first-order chi connectivity index (χ1) is 21.6. The molecule has 0 amide bonds. The van der Waals surface area contributed by atoms with E-state index in [1.165, 1.54) is 6.07 Å². The molecule has 0 saturated carbocycles. The van der Waals surface area contributed by atoms with Gasteiger partial charge in [-0.3, -0.25) is 9.59 Å². The van der Waals surface area contributed by atoms with Crippen LogP contribution in [0.1, 0.15) is 20.7 Å². The van der Waals surface area contributed by atoms with Gasteiger partial charge in [-0.15, -0.1) is 0 Å². The highest BCUT2D eigenvalue weighted by Gasteiger charge is 2.30. The second-order valence-electron chi connectivity index (χ2n) is 10.3. The van der Waals surface area contributed by atoms with Crippen molar-refractivity contribution in [1.29, 1.82) is 0 Å². The molecule has 0 atom stereocenters. The Balaban J connectivity index is 0.000000157. The fraction of sp³-hybridized carbons (Fsp3) is 0. The molecule has 6 aromatic carbocycles. The minimum absolute atomic E-state index is 0.283. The normalized spacial score (nSPS) is 12.3. The summed E-state index contributed by atoms with van der Waals surface area (Å²) in [5.74, 6) is -0.854. The van der Waals surface area contributed by atoms with Gasteiger partial charge in [0.15, 0.2) is 0 Å². The number of carbonyl (C=O) groups excluding carboxylic acids is 2. The number of Topliss-reactive ketones (excluding diaryl/α,β-unsaturated/α-hetero) is 2. The molecule has 0 bridgehead atoms. The summed E-state index contributed by atoms with van der Waals surface area (Å²) < 4.78 is 18.2. The van der Waals surface area contributed by atoms with Crippen molar-refractivity contribution in [3.63, 3.8) is 0 Å². The molecule has 1 aliphatic carbocycles. The molecule has 8 rings (SSSR count). The van der Waals surface area contributed by atoms with E-state index >= 15 is 0 Å². The molecule has 10 heteroatoms. The highest BCUT2D eigenvalue weighted by molar-refractivity contribution is 9.11. The number of hydrogen-bond acceptors (Lipinski definition) is 3. The Hall–Kier alpha value is -3.21. The van der Waals surface area contributed by atoms with Gasteiger partial charge in [-0.2, -0.15) is 0 Å². The first kappa shape index (κ1) is 30.4. The summed E-state index contributed by atoms with van der Waals surface area (Å²) >= 11 is 20.1. The maximum atomic E-state index is 14.4. The summed E-state index contributed by atoms with van der Waals surface area (Å²) in [6.45, 7) is 0. The van der Waals surface area contributed by atoms with Crippen molar-refractivity contribution in [2.45, 2.75) is 0 Å². The van der Waals surface area contributed by atoms with E-state index in [0.29, 0.717) is 22.0 Å². The van der Waals surface area contributed by atoms with Gasteiger partial charge in [0.2, 0.25) is 11.6 Å². The standard InChI is InChI=1S/C21H10Br2ClFN2.C14H6Br2O2/c22-10-4-6-12-14(8-10)15-9-11(23)5-7-13(15)20-19(12)26-21(27-20)18-16(24)2-1-3-17(18)25;15-7-1-3-9-11(5-7)12-6-8(16)2-4-10(12)14(18)13(9)17/h1-9H,(H,26,27);1-6H. The third-order valence-electron chi connectivity index (χ3n) is 7.63. The van der Waals surface area contributed by atoms with Gasteiger partial charge in [-0.1, -0.05) is 93.5 Å². The molecular weight excluding hydrogens is 854 g/mol. The van der Waals surface area contributed by atoms with Gasteiger partial charge in [-0.05, 0) is 94.7 Å². The monoisotopic (exact) mass is 866 g/mol. The lowest BCUT2D eigenvalue weighted by Crippen LogP contribution is -2.21. The summed E-state index contributed by atoms with van der Waals surface area (Å²) in [6, 6.07) is 27.5. The van der Waals surface area contributed by atoms with Crippen molar-refractivity contribution in [3.8, 4) is 22.5 Å². The summed E-state index contributed by atoms with van der Waals surface area (Å²) in [5.41, 5.74) is 4.47. The number of ketones is 2. The van der Waals surface area contributed by atoms with Gasteiger partial charge in [-0.25, -0.2) is 9.37 Å². The molecule has 4 nitrogen and oxygen atoms in total. The van der Waals surface area contributed by atoms with Gasteiger partial charge in [0.25, 0.3) is 0 Å². The number of halogens is 6.